The Morgan fingerprint density at radius 1 is 0.958 bits per heavy atom. The van der Waals surface area contributed by atoms with Gasteiger partial charge in [-0.25, -0.2) is 8.78 Å². The highest BCUT2D eigenvalue weighted by Crippen LogP contribution is 2.29. The van der Waals surface area contributed by atoms with Crippen LogP contribution >= 0.6 is 0 Å². The number of alkyl halides is 3. The van der Waals surface area contributed by atoms with E-state index in [1.807, 2.05) is 0 Å². The van der Waals surface area contributed by atoms with Crippen molar-refractivity contribution in [3.63, 3.8) is 0 Å². The van der Waals surface area contributed by atoms with Crippen molar-refractivity contribution in [2.45, 2.75) is 19.0 Å². The van der Waals surface area contributed by atoms with Crippen LogP contribution in [0.1, 0.15) is 28.7 Å². The first-order chi connectivity index (χ1) is 11.3. The minimum absolute atomic E-state index is 0.234. The monoisotopic (exact) mass is 336 g/mol. The van der Waals surface area contributed by atoms with Gasteiger partial charge in [0.1, 0.15) is 11.6 Å². The average Bonchev–Trinajstić information content (AvgIpc) is 2.51. The lowest BCUT2D eigenvalue weighted by atomic mass is 10.1. The molecule has 0 spiro atoms. The predicted octanol–water partition coefficient (Wildman–Crippen LogP) is 5.50. The summed E-state index contributed by atoms with van der Waals surface area (Å²) in [6.07, 6.45) is -1.74. The van der Waals surface area contributed by atoms with Crippen molar-refractivity contribution in [3.05, 3.63) is 82.9 Å². The fourth-order valence-electron chi connectivity index (χ4n) is 2.04. The maximum atomic E-state index is 13.9. The molecule has 0 heterocycles. The fraction of sp³-hybridized carbons (Fsp3) is 0.158. The molecule has 0 unspecified atom stereocenters. The van der Waals surface area contributed by atoms with E-state index in [4.69, 9.17) is 0 Å². The van der Waals surface area contributed by atoms with Gasteiger partial charge in [-0.15, -0.1) is 6.58 Å². The van der Waals surface area contributed by atoms with E-state index in [1.54, 1.807) is 6.08 Å². The minimum atomic E-state index is -4.44. The third kappa shape index (κ3) is 4.45. The van der Waals surface area contributed by atoms with Crippen LogP contribution in [0.3, 0.4) is 0 Å². The average molecular weight is 336 g/mol. The lowest BCUT2D eigenvalue weighted by molar-refractivity contribution is -0.137. The van der Waals surface area contributed by atoms with Gasteiger partial charge in [-0.05, 0) is 54.8 Å². The standard InChI is InChI=1S/C19H13F5/c1-2-3-4-14-11-17(20)16(18(21)12-14)10-7-13-5-8-15(9-6-13)19(22,23)24/h2,5-6,8-9,11-12H,1,3-4H2. The zero-order valence-electron chi connectivity index (χ0n) is 12.6. The third-order valence-electron chi connectivity index (χ3n) is 3.28. The zero-order valence-corrected chi connectivity index (χ0v) is 12.6. The van der Waals surface area contributed by atoms with Gasteiger partial charge in [0, 0.05) is 5.56 Å². The topological polar surface area (TPSA) is 0 Å². The molecule has 0 saturated heterocycles. The second-order valence-corrected chi connectivity index (χ2v) is 5.09. The molecule has 0 radical (unpaired) electrons. The molecule has 0 saturated carbocycles. The maximum Gasteiger partial charge on any atom is 0.416 e. The molecule has 0 N–H and O–H groups in total. The van der Waals surface area contributed by atoms with Crippen LogP contribution in [0.5, 0.6) is 0 Å². The number of rotatable bonds is 3. The van der Waals surface area contributed by atoms with E-state index in [0.29, 0.717) is 18.4 Å². The molecule has 0 aliphatic carbocycles. The van der Waals surface area contributed by atoms with Crippen LogP contribution in [0.15, 0.2) is 49.1 Å². The number of aryl methyl sites for hydroxylation is 1. The second kappa shape index (κ2) is 7.31. The van der Waals surface area contributed by atoms with Gasteiger partial charge in [0.25, 0.3) is 0 Å². The maximum absolute atomic E-state index is 13.9. The summed E-state index contributed by atoms with van der Waals surface area (Å²) in [6, 6.07) is 6.45. The molecule has 2 aromatic rings. The highest BCUT2D eigenvalue weighted by atomic mass is 19.4. The molecule has 0 aliphatic rings. The van der Waals surface area contributed by atoms with Crippen LogP contribution in [-0.4, -0.2) is 0 Å². The van der Waals surface area contributed by atoms with Crippen LogP contribution in [0.2, 0.25) is 0 Å². The van der Waals surface area contributed by atoms with Gasteiger partial charge in [0.15, 0.2) is 0 Å². The fourth-order valence-corrected chi connectivity index (χ4v) is 2.04. The van der Waals surface area contributed by atoms with E-state index >= 15 is 0 Å². The van der Waals surface area contributed by atoms with Crippen LogP contribution in [0.25, 0.3) is 0 Å². The van der Waals surface area contributed by atoms with Crippen LogP contribution in [0.4, 0.5) is 22.0 Å². The lowest BCUT2D eigenvalue weighted by Gasteiger charge is -2.05. The van der Waals surface area contributed by atoms with E-state index in [1.165, 1.54) is 12.1 Å². The zero-order chi connectivity index (χ0) is 17.7. The van der Waals surface area contributed by atoms with Gasteiger partial charge in [-0.3, -0.25) is 0 Å². The van der Waals surface area contributed by atoms with Gasteiger partial charge in [0.2, 0.25) is 0 Å². The summed E-state index contributed by atoms with van der Waals surface area (Å²) < 4.78 is 65.3. The van der Waals surface area contributed by atoms with Crippen LogP contribution in [-0.2, 0) is 12.6 Å². The van der Waals surface area contributed by atoms with Crippen molar-refractivity contribution in [2.24, 2.45) is 0 Å². The number of allylic oxidation sites excluding steroid dienone is 1. The molecular formula is C19H13F5. The molecule has 0 fully saturated rings. The Labute approximate surface area is 136 Å². The number of benzene rings is 2. The summed E-state index contributed by atoms with van der Waals surface area (Å²) in [5, 5.41) is 0. The van der Waals surface area contributed by atoms with Crippen molar-refractivity contribution < 1.29 is 22.0 Å². The minimum Gasteiger partial charge on any atom is -0.206 e. The number of hydrogen-bond donors (Lipinski definition) is 0. The normalized spacial score (nSPS) is 10.9. The van der Waals surface area contributed by atoms with Crippen molar-refractivity contribution >= 4 is 0 Å². The Morgan fingerprint density at radius 2 is 1.54 bits per heavy atom. The van der Waals surface area contributed by atoms with E-state index in [9.17, 15) is 22.0 Å². The van der Waals surface area contributed by atoms with E-state index in [-0.39, 0.29) is 5.56 Å². The van der Waals surface area contributed by atoms with Crippen LogP contribution < -0.4 is 0 Å². The molecule has 0 bridgehead atoms. The number of halogens is 5. The van der Waals surface area contributed by atoms with E-state index in [0.717, 1.165) is 24.3 Å². The highest BCUT2D eigenvalue weighted by molar-refractivity contribution is 5.45. The SMILES string of the molecule is C=CCCc1cc(F)c(C#Cc2ccc(C(F)(F)F)cc2)c(F)c1. The lowest BCUT2D eigenvalue weighted by Crippen LogP contribution is -2.04. The molecule has 0 aromatic heterocycles. The Bertz CT molecular complexity index is 766. The third-order valence-corrected chi connectivity index (χ3v) is 3.28. The quantitative estimate of drug-likeness (QED) is 0.394. The Hall–Kier alpha value is -2.61. The Kier molecular flexibility index (Phi) is 5.40. The molecule has 2 aromatic carbocycles. The van der Waals surface area contributed by atoms with Gasteiger partial charge in [0.05, 0.1) is 11.1 Å². The second-order valence-electron chi connectivity index (χ2n) is 5.09. The molecule has 0 atom stereocenters. The first-order valence-corrected chi connectivity index (χ1v) is 7.09. The molecular weight excluding hydrogens is 323 g/mol. The summed E-state index contributed by atoms with van der Waals surface area (Å²) in [7, 11) is 0. The summed E-state index contributed by atoms with van der Waals surface area (Å²) >= 11 is 0. The Morgan fingerprint density at radius 3 is 2.04 bits per heavy atom. The Balaban J connectivity index is 2.26. The smallest absolute Gasteiger partial charge is 0.206 e. The van der Waals surface area contributed by atoms with Crippen molar-refractivity contribution in [3.8, 4) is 11.8 Å². The van der Waals surface area contributed by atoms with Crippen molar-refractivity contribution in [1.82, 2.24) is 0 Å². The molecule has 2 rings (SSSR count). The first-order valence-electron chi connectivity index (χ1n) is 7.09. The predicted molar refractivity (Wildman–Crippen MR) is 82.3 cm³/mol. The first kappa shape index (κ1) is 17.7. The molecule has 124 valence electrons. The van der Waals surface area contributed by atoms with Gasteiger partial charge < -0.3 is 0 Å². The van der Waals surface area contributed by atoms with Crippen molar-refractivity contribution in [2.75, 3.05) is 0 Å². The summed E-state index contributed by atoms with van der Waals surface area (Å²) in [6.45, 7) is 3.54. The summed E-state index contributed by atoms with van der Waals surface area (Å²) in [5.41, 5.74) is -0.489. The molecule has 5 heteroatoms. The van der Waals surface area contributed by atoms with E-state index < -0.39 is 28.9 Å². The van der Waals surface area contributed by atoms with E-state index in [2.05, 4.69) is 18.4 Å². The van der Waals surface area contributed by atoms with Gasteiger partial charge >= 0.3 is 6.18 Å². The van der Waals surface area contributed by atoms with Crippen LogP contribution in [0, 0.1) is 23.5 Å². The molecule has 0 nitrogen and oxygen atoms in total. The highest BCUT2D eigenvalue weighted by Gasteiger charge is 2.29. The van der Waals surface area contributed by atoms with Gasteiger partial charge in [-0.2, -0.15) is 13.2 Å². The largest absolute Gasteiger partial charge is 0.416 e. The molecule has 24 heavy (non-hydrogen) atoms. The summed E-state index contributed by atoms with van der Waals surface area (Å²) in [5.74, 6) is 3.21. The van der Waals surface area contributed by atoms with Crippen molar-refractivity contribution in [1.29, 1.82) is 0 Å². The van der Waals surface area contributed by atoms with Gasteiger partial charge in [-0.1, -0.05) is 17.9 Å². The number of hydrogen-bond acceptors (Lipinski definition) is 0. The summed E-state index contributed by atoms with van der Waals surface area (Å²) in [4.78, 5) is 0. The molecule has 0 amide bonds. The molecule has 0 aliphatic heterocycles.